The van der Waals surface area contributed by atoms with E-state index in [9.17, 15) is 5.11 Å². The molecule has 2 heteroatoms. The van der Waals surface area contributed by atoms with E-state index in [1.165, 1.54) is 51.4 Å². The van der Waals surface area contributed by atoms with Gasteiger partial charge >= 0.3 is 0 Å². The lowest BCUT2D eigenvalue weighted by Gasteiger charge is -2.37. The lowest BCUT2D eigenvalue weighted by molar-refractivity contribution is -0.965. The highest BCUT2D eigenvalue weighted by molar-refractivity contribution is 4.78. The average molecular weight is 212 g/mol. The van der Waals surface area contributed by atoms with Gasteiger partial charge in [0.15, 0.2) is 0 Å². The van der Waals surface area contributed by atoms with Crippen LogP contribution in [0.5, 0.6) is 0 Å². The molecule has 2 aliphatic heterocycles. The van der Waals surface area contributed by atoms with Crippen LogP contribution in [0.25, 0.3) is 0 Å². The lowest BCUT2D eigenvalue weighted by atomic mass is 9.96. The zero-order valence-electron chi connectivity index (χ0n) is 10.0. The lowest BCUT2D eigenvalue weighted by Crippen LogP contribution is -3.21. The van der Waals surface area contributed by atoms with Crippen molar-refractivity contribution in [3.8, 4) is 0 Å². The summed E-state index contributed by atoms with van der Waals surface area (Å²) >= 11 is 0. The summed E-state index contributed by atoms with van der Waals surface area (Å²) in [4.78, 5) is 1.78. The topological polar surface area (TPSA) is 24.7 Å². The van der Waals surface area contributed by atoms with E-state index in [2.05, 4.69) is 6.92 Å². The van der Waals surface area contributed by atoms with Crippen molar-refractivity contribution in [2.75, 3.05) is 6.61 Å². The summed E-state index contributed by atoms with van der Waals surface area (Å²) in [6, 6.07) is 2.32. The van der Waals surface area contributed by atoms with Crippen molar-refractivity contribution in [3.05, 3.63) is 0 Å². The average Bonchev–Trinajstić information content (AvgIpc) is 2.69. The summed E-state index contributed by atoms with van der Waals surface area (Å²) in [6.07, 6.45) is 10.9. The molecule has 0 radical (unpaired) electrons. The Bertz CT molecular complexity index is 195. The number of piperidine rings is 1. The van der Waals surface area contributed by atoms with E-state index in [0.717, 1.165) is 12.1 Å². The van der Waals surface area contributed by atoms with E-state index < -0.39 is 0 Å². The van der Waals surface area contributed by atoms with Crippen molar-refractivity contribution in [1.82, 2.24) is 0 Å². The number of aliphatic hydroxyl groups excluding tert-OH is 1. The van der Waals surface area contributed by atoms with Gasteiger partial charge in [-0.25, -0.2) is 0 Å². The number of hydrogen-bond donors (Lipinski definition) is 2. The quantitative estimate of drug-likeness (QED) is 0.717. The maximum Gasteiger partial charge on any atom is 0.111 e. The predicted octanol–water partition coefficient (Wildman–Crippen LogP) is 1.14. The number of hydrogen-bond acceptors (Lipinski definition) is 1. The van der Waals surface area contributed by atoms with Crippen LogP contribution in [-0.2, 0) is 0 Å². The summed E-state index contributed by atoms with van der Waals surface area (Å²) in [5, 5.41) is 9.46. The Labute approximate surface area is 93.7 Å². The molecule has 88 valence electrons. The second kappa shape index (κ2) is 5.31. The molecular weight excluding hydrogens is 186 g/mol. The molecule has 0 aromatic rings. The number of quaternary nitrogens is 1. The SMILES string of the molecule is CCCC[C@@H]1CC[C@@H]2CCC[C@H](CO)[NH+]12. The first-order valence-electron chi connectivity index (χ1n) is 6.84. The Balaban J connectivity index is 1.95. The van der Waals surface area contributed by atoms with E-state index in [0.29, 0.717) is 12.6 Å². The molecule has 0 aliphatic carbocycles. The number of nitrogens with one attached hydrogen (secondary N) is 1. The van der Waals surface area contributed by atoms with E-state index in [1.54, 1.807) is 4.90 Å². The summed E-state index contributed by atoms with van der Waals surface area (Å²) in [6.45, 7) is 2.69. The van der Waals surface area contributed by atoms with Crippen molar-refractivity contribution in [2.45, 2.75) is 76.4 Å². The van der Waals surface area contributed by atoms with Crippen molar-refractivity contribution in [1.29, 1.82) is 0 Å². The van der Waals surface area contributed by atoms with Gasteiger partial charge in [-0.2, -0.15) is 0 Å². The van der Waals surface area contributed by atoms with Gasteiger partial charge < -0.3 is 10.0 Å². The molecule has 0 bridgehead atoms. The number of aliphatic hydroxyl groups is 1. The van der Waals surface area contributed by atoms with Crippen LogP contribution < -0.4 is 4.90 Å². The molecule has 0 saturated carbocycles. The minimum absolute atomic E-state index is 0.411. The highest BCUT2D eigenvalue weighted by Crippen LogP contribution is 2.21. The summed E-state index contributed by atoms with van der Waals surface area (Å²) in [5.74, 6) is 0. The molecule has 4 atom stereocenters. The number of fused-ring (bicyclic) bond motifs is 1. The van der Waals surface area contributed by atoms with Crippen LogP contribution in [-0.4, -0.2) is 29.8 Å². The van der Waals surface area contributed by atoms with Crippen molar-refractivity contribution >= 4 is 0 Å². The second-order valence-corrected chi connectivity index (χ2v) is 5.42. The third-order valence-electron chi connectivity index (χ3n) is 4.51. The first-order chi connectivity index (χ1) is 7.36. The van der Waals surface area contributed by atoms with Crippen LogP contribution in [0.4, 0.5) is 0 Å². The van der Waals surface area contributed by atoms with Gasteiger partial charge in [0.25, 0.3) is 0 Å². The molecule has 2 nitrogen and oxygen atoms in total. The van der Waals surface area contributed by atoms with Gasteiger partial charge in [-0.05, 0) is 25.7 Å². The van der Waals surface area contributed by atoms with Crippen LogP contribution in [0, 0.1) is 0 Å². The summed E-state index contributed by atoms with van der Waals surface area (Å²) < 4.78 is 0. The Morgan fingerprint density at radius 1 is 1.13 bits per heavy atom. The fourth-order valence-electron chi connectivity index (χ4n) is 3.78. The van der Waals surface area contributed by atoms with Gasteiger partial charge in [0.1, 0.15) is 6.04 Å². The second-order valence-electron chi connectivity index (χ2n) is 5.42. The molecular formula is C13H26NO+. The molecule has 0 aromatic carbocycles. The number of unbranched alkanes of at least 4 members (excludes halogenated alkanes) is 1. The van der Waals surface area contributed by atoms with E-state index >= 15 is 0 Å². The van der Waals surface area contributed by atoms with Gasteiger partial charge in [0.05, 0.1) is 18.7 Å². The molecule has 0 aromatic heterocycles. The fraction of sp³-hybridized carbons (Fsp3) is 1.00. The summed E-state index contributed by atoms with van der Waals surface area (Å²) in [7, 11) is 0. The molecule has 2 aliphatic rings. The molecule has 2 heterocycles. The largest absolute Gasteiger partial charge is 0.390 e. The van der Waals surface area contributed by atoms with E-state index in [1.807, 2.05) is 0 Å². The van der Waals surface area contributed by atoms with Crippen LogP contribution >= 0.6 is 0 Å². The molecule has 0 amide bonds. The van der Waals surface area contributed by atoms with Crippen molar-refractivity contribution < 1.29 is 10.0 Å². The minimum atomic E-state index is 0.411. The third-order valence-corrected chi connectivity index (χ3v) is 4.51. The summed E-state index contributed by atoms with van der Waals surface area (Å²) in [5.41, 5.74) is 0. The Morgan fingerprint density at radius 2 is 2.00 bits per heavy atom. The van der Waals surface area contributed by atoms with Crippen LogP contribution in [0.1, 0.15) is 58.3 Å². The van der Waals surface area contributed by atoms with Crippen LogP contribution in [0.15, 0.2) is 0 Å². The minimum Gasteiger partial charge on any atom is -0.390 e. The van der Waals surface area contributed by atoms with Crippen molar-refractivity contribution in [3.63, 3.8) is 0 Å². The fourth-order valence-corrected chi connectivity index (χ4v) is 3.78. The Hall–Kier alpha value is -0.0800. The standard InChI is InChI=1S/C13H25NO/c1-2-3-5-11-8-9-12-6-4-7-13(10-15)14(11)12/h11-13,15H,2-10H2,1H3/p+1/t11-,12+,13-/m1/s1. The molecule has 2 fully saturated rings. The first kappa shape index (κ1) is 11.4. The smallest absolute Gasteiger partial charge is 0.111 e. The van der Waals surface area contributed by atoms with Gasteiger partial charge in [-0.1, -0.05) is 13.3 Å². The maximum atomic E-state index is 9.46. The van der Waals surface area contributed by atoms with E-state index in [-0.39, 0.29) is 0 Å². The maximum absolute atomic E-state index is 9.46. The van der Waals surface area contributed by atoms with Gasteiger partial charge in [0.2, 0.25) is 0 Å². The zero-order chi connectivity index (χ0) is 10.7. The van der Waals surface area contributed by atoms with Gasteiger partial charge in [0, 0.05) is 19.3 Å². The van der Waals surface area contributed by atoms with Gasteiger partial charge in [-0.15, -0.1) is 0 Å². The zero-order valence-corrected chi connectivity index (χ0v) is 10.0. The molecule has 2 rings (SSSR count). The highest BCUT2D eigenvalue weighted by Gasteiger charge is 2.43. The first-order valence-corrected chi connectivity index (χ1v) is 6.84. The predicted molar refractivity (Wildman–Crippen MR) is 62.0 cm³/mol. The molecule has 2 saturated heterocycles. The highest BCUT2D eigenvalue weighted by atomic mass is 16.3. The monoisotopic (exact) mass is 212 g/mol. The molecule has 0 spiro atoms. The van der Waals surface area contributed by atoms with E-state index in [4.69, 9.17) is 0 Å². The van der Waals surface area contributed by atoms with Crippen LogP contribution in [0.3, 0.4) is 0 Å². The molecule has 15 heavy (non-hydrogen) atoms. The third kappa shape index (κ3) is 2.36. The van der Waals surface area contributed by atoms with Crippen LogP contribution in [0.2, 0.25) is 0 Å². The Kier molecular flexibility index (Phi) is 4.04. The number of rotatable bonds is 4. The Morgan fingerprint density at radius 3 is 2.73 bits per heavy atom. The normalized spacial score (nSPS) is 40.4. The molecule has 2 N–H and O–H groups in total. The van der Waals surface area contributed by atoms with Crippen molar-refractivity contribution in [2.24, 2.45) is 0 Å². The van der Waals surface area contributed by atoms with Gasteiger partial charge in [-0.3, -0.25) is 0 Å². The molecule has 1 unspecified atom stereocenters.